The minimum absolute atomic E-state index is 0.251. The molecular formula is C12H11BrClNO3S2. The quantitative estimate of drug-likeness (QED) is 0.839. The number of thiophene rings is 1. The number of rotatable bonds is 4. The van der Waals surface area contributed by atoms with Crippen molar-refractivity contribution in [3.8, 4) is 5.75 Å². The number of halogens is 2. The van der Waals surface area contributed by atoms with E-state index in [1.165, 1.54) is 24.5 Å². The highest BCUT2D eigenvalue weighted by Gasteiger charge is 2.20. The van der Waals surface area contributed by atoms with Gasteiger partial charge in [0, 0.05) is 4.88 Å². The van der Waals surface area contributed by atoms with Gasteiger partial charge >= 0.3 is 0 Å². The molecule has 108 valence electrons. The first-order chi connectivity index (χ1) is 9.33. The normalized spacial score (nSPS) is 11.4. The van der Waals surface area contributed by atoms with Crippen molar-refractivity contribution in [3.05, 3.63) is 38.0 Å². The van der Waals surface area contributed by atoms with Crippen LogP contribution in [0.4, 0.5) is 5.69 Å². The van der Waals surface area contributed by atoms with Gasteiger partial charge in [-0.15, -0.1) is 11.3 Å². The van der Waals surface area contributed by atoms with Crippen LogP contribution in [0.3, 0.4) is 0 Å². The van der Waals surface area contributed by atoms with E-state index in [0.29, 0.717) is 21.3 Å². The molecule has 8 heteroatoms. The van der Waals surface area contributed by atoms with Gasteiger partial charge in [0.1, 0.15) is 10.6 Å². The van der Waals surface area contributed by atoms with Crippen LogP contribution in [0, 0.1) is 6.92 Å². The van der Waals surface area contributed by atoms with Gasteiger partial charge in [-0.1, -0.05) is 11.6 Å². The fourth-order valence-corrected chi connectivity index (χ4v) is 5.36. The van der Waals surface area contributed by atoms with Gasteiger partial charge in [0.2, 0.25) is 0 Å². The summed E-state index contributed by atoms with van der Waals surface area (Å²) >= 11 is 10.6. The fourth-order valence-electron chi connectivity index (χ4n) is 1.64. The van der Waals surface area contributed by atoms with E-state index < -0.39 is 10.0 Å². The number of anilines is 1. The average molecular weight is 397 g/mol. The van der Waals surface area contributed by atoms with Crippen molar-refractivity contribution in [1.29, 1.82) is 0 Å². The number of benzene rings is 1. The van der Waals surface area contributed by atoms with Gasteiger partial charge in [0.15, 0.2) is 0 Å². The molecule has 0 amide bonds. The molecule has 0 unspecified atom stereocenters. The minimum Gasteiger partial charge on any atom is -0.495 e. The molecule has 0 saturated heterocycles. The molecule has 1 N–H and O–H groups in total. The molecule has 4 nitrogen and oxygen atoms in total. The zero-order chi connectivity index (χ0) is 14.9. The maximum Gasteiger partial charge on any atom is 0.263 e. The second-order valence-corrected chi connectivity index (χ2v) is 8.62. The number of nitrogens with one attached hydrogen (secondary N) is 1. The lowest BCUT2D eigenvalue weighted by atomic mass is 10.3. The number of methoxy groups -OCH3 is 1. The molecule has 0 bridgehead atoms. The lowest BCUT2D eigenvalue weighted by Gasteiger charge is -2.09. The Bertz CT molecular complexity index is 743. The lowest BCUT2D eigenvalue weighted by molar-refractivity contribution is 0.415. The molecule has 0 aliphatic heterocycles. The zero-order valence-electron chi connectivity index (χ0n) is 10.6. The summed E-state index contributed by atoms with van der Waals surface area (Å²) in [4.78, 5) is 0.963. The monoisotopic (exact) mass is 395 g/mol. The highest BCUT2D eigenvalue weighted by Crippen LogP contribution is 2.32. The summed E-state index contributed by atoms with van der Waals surface area (Å²) in [7, 11) is -2.13. The predicted molar refractivity (Wildman–Crippen MR) is 85.6 cm³/mol. The first kappa shape index (κ1) is 15.6. The van der Waals surface area contributed by atoms with Gasteiger partial charge in [-0.25, -0.2) is 8.42 Å². The standard InChI is InChI=1S/C12H11BrClNO3S2/c1-7-11(6-12(13)19-7)20(16,17)15-8-3-4-10(18-2)9(14)5-8/h3-6,15H,1-2H3. The van der Waals surface area contributed by atoms with E-state index in [1.54, 1.807) is 25.1 Å². The Morgan fingerprint density at radius 1 is 1.35 bits per heavy atom. The summed E-state index contributed by atoms with van der Waals surface area (Å²) < 4.78 is 32.9. The van der Waals surface area contributed by atoms with Crippen LogP contribution >= 0.6 is 38.9 Å². The Morgan fingerprint density at radius 2 is 2.05 bits per heavy atom. The maximum absolute atomic E-state index is 12.3. The molecule has 2 aromatic rings. The molecule has 0 atom stereocenters. The largest absolute Gasteiger partial charge is 0.495 e. The van der Waals surface area contributed by atoms with Crippen molar-refractivity contribution in [1.82, 2.24) is 0 Å². The smallest absolute Gasteiger partial charge is 0.263 e. The number of sulfonamides is 1. The number of hydrogen-bond donors (Lipinski definition) is 1. The molecule has 2 rings (SSSR count). The van der Waals surface area contributed by atoms with Gasteiger partial charge in [-0.05, 0) is 47.1 Å². The van der Waals surface area contributed by atoms with E-state index in [2.05, 4.69) is 20.7 Å². The molecule has 20 heavy (non-hydrogen) atoms. The highest BCUT2D eigenvalue weighted by atomic mass is 79.9. The van der Waals surface area contributed by atoms with Gasteiger partial charge < -0.3 is 4.74 Å². The van der Waals surface area contributed by atoms with Crippen LogP contribution in [0.2, 0.25) is 5.02 Å². The van der Waals surface area contributed by atoms with E-state index in [9.17, 15) is 8.42 Å². The third-order valence-electron chi connectivity index (χ3n) is 2.54. The Labute approximate surface area is 134 Å². The molecule has 0 saturated carbocycles. The first-order valence-electron chi connectivity index (χ1n) is 5.46. The Balaban J connectivity index is 2.33. The highest BCUT2D eigenvalue weighted by molar-refractivity contribution is 9.11. The lowest BCUT2D eigenvalue weighted by Crippen LogP contribution is -2.13. The third-order valence-corrected chi connectivity index (χ3v) is 6.02. The van der Waals surface area contributed by atoms with Crippen LogP contribution in [0.15, 0.2) is 32.9 Å². The summed E-state index contributed by atoms with van der Waals surface area (Å²) in [5, 5.41) is 0.343. The molecule has 1 aromatic heterocycles. The van der Waals surface area contributed by atoms with E-state index in [0.717, 1.165) is 3.79 Å². The summed E-state index contributed by atoms with van der Waals surface area (Å²) in [6, 6.07) is 6.29. The molecule has 1 aromatic carbocycles. The van der Waals surface area contributed by atoms with Crippen LogP contribution in [0.25, 0.3) is 0 Å². The predicted octanol–water partition coefficient (Wildman–Crippen LogP) is 4.28. The van der Waals surface area contributed by atoms with Gasteiger partial charge in [-0.3, -0.25) is 4.72 Å². The molecule has 0 spiro atoms. The van der Waals surface area contributed by atoms with Crippen molar-refractivity contribution in [3.63, 3.8) is 0 Å². The zero-order valence-corrected chi connectivity index (χ0v) is 14.6. The molecule has 0 aliphatic carbocycles. The van der Waals surface area contributed by atoms with Gasteiger partial charge in [-0.2, -0.15) is 0 Å². The minimum atomic E-state index is -3.63. The maximum atomic E-state index is 12.3. The SMILES string of the molecule is COc1ccc(NS(=O)(=O)c2cc(Br)sc2C)cc1Cl. The van der Waals surface area contributed by atoms with Crippen LogP contribution < -0.4 is 9.46 Å². The fraction of sp³-hybridized carbons (Fsp3) is 0.167. The van der Waals surface area contributed by atoms with Crippen LogP contribution in [0.5, 0.6) is 5.75 Å². The molecule has 0 radical (unpaired) electrons. The Morgan fingerprint density at radius 3 is 2.55 bits per heavy atom. The third kappa shape index (κ3) is 3.28. The first-order valence-corrected chi connectivity index (χ1v) is 8.93. The van der Waals surface area contributed by atoms with Crippen molar-refractivity contribution in [2.24, 2.45) is 0 Å². The van der Waals surface area contributed by atoms with E-state index >= 15 is 0 Å². The van der Waals surface area contributed by atoms with E-state index in [4.69, 9.17) is 16.3 Å². The summed E-state index contributed by atoms with van der Waals surface area (Å²) in [6.07, 6.45) is 0. The Hall–Kier alpha value is -0.760. The molecule has 0 fully saturated rings. The molecule has 0 aliphatic rings. The summed E-state index contributed by atoms with van der Waals surface area (Å²) in [5.41, 5.74) is 0.387. The van der Waals surface area contributed by atoms with Crippen LogP contribution in [-0.2, 0) is 10.0 Å². The van der Waals surface area contributed by atoms with Crippen molar-refractivity contribution >= 4 is 54.6 Å². The van der Waals surface area contributed by atoms with Crippen LogP contribution in [0.1, 0.15) is 4.88 Å². The Kier molecular flexibility index (Phi) is 4.63. The number of ether oxygens (including phenoxy) is 1. The molecule has 1 heterocycles. The summed E-state index contributed by atoms with van der Waals surface area (Å²) in [5.74, 6) is 0.490. The number of hydrogen-bond acceptors (Lipinski definition) is 4. The number of aryl methyl sites for hydroxylation is 1. The second-order valence-electron chi connectivity index (χ2n) is 3.93. The molecular weight excluding hydrogens is 386 g/mol. The average Bonchev–Trinajstić information content (AvgIpc) is 2.69. The van der Waals surface area contributed by atoms with Crippen molar-refractivity contribution in [2.45, 2.75) is 11.8 Å². The van der Waals surface area contributed by atoms with Gasteiger partial charge in [0.05, 0.1) is 21.6 Å². The van der Waals surface area contributed by atoms with E-state index in [-0.39, 0.29) is 4.90 Å². The van der Waals surface area contributed by atoms with E-state index in [1.807, 2.05) is 0 Å². The van der Waals surface area contributed by atoms with Crippen LogP contribution in [-0.4, -0.2) is 15.5 Å². The topological polar surface area (TPSA) is 55.4 Å². The summed E-state index contributed by atoms with van der Waals surface area (Å²) in [6.45, 7) is 1.75. The van der Waals surface area contributed by atoms with Crippen molar-refractivity contribution < 1.29 is 13.2 Å². The second kappa shape index (κ2) is 5.93. The van der Waals surface area contributed by atoms with Gasteiger partial charge in [0.25, 0.3) is 10.0 Å². The van der Waals surface area contributed by atoms with Crippen molar-refractivity contribution in [2.75, 3.05) is 11.8 Å².